The van der Waals surface area contributed by atoms with Crippen molar-refractivity contribution in [2.75, 3.05) is 12.4 Å². The van der Waals surface area contributed by atoms with Gasteiger partial charge >= 0.3 is 0 Å². The molecule has 0 atom stereocenters. The normalized spacial score (nSPS) is 10.0. The summed E-state index contributed by atoms with van der Waals surface area (Å²) in [4.78, 5) is 0. The Morgan fingerprint density at radius 3 is 2.84 bits per heavy atom. The molecular weight excluding hydrogens is 240 g/mol. The number of nitrogens with zero attached hydrogens (tertiary/aromatic N) is 3. The van der Waals surface area contributed by atoms with E-state index in [1.54, 1.807) is 23.9 Å². The number of ether oxygens (including phenoxy) is 1. The Bertz CT molecular complexity index is 625. The van der Waals surface area contributed by atoms with E-state index in [-0.39, 0.29) is 0 Å². The predicted octanol–water partition coefficient (Wildman–Crippen LogP) is 2.22. The summed E-state index contributed by atoms with van der Waals surface area (Å²) in [7, 11) is 3.48. The summed E-state index contributed by atoms with van der Waals surface area (Å²) in [6.07, 6.45) is 1.96. The van der Waals surface area contributed by atoms with E-state index in [9.17, 15) is 0 Å². The number of nitriles is 1. The van der Waals surface area contributed by atoms with Crippen molar-refractivity contribution in [2.24, 2.45) is 7.05 Å². The van der Waals surface area contributed by atoms with Gasteiger partial charge in [-0.15, -0.1) is 0 Å². The summed E-state index contributed by atoms with van der Waals surface area (Å²) in [5, 5.41) is 16.7. The summed E-state index contributed by atoms with van der Waals surface area (Å²) in [5.41, 5.74) is 3.36. The van der Waals surface area contributed by atoms with Crippen molar-refractivity contribution in [2.45, 2.75) is 13.5 Å². The first-order valence-electron chi connectivity index (χ1n) is 5.95. The van der Waals surface area contributed by atoms with Crippen LogP contribution in [0.1, 0.15) is 16.8 Å². The molecule has 1 heterocycles. The minimum Gasteiger partial charge on any atom is -0.495 e. The van der Waals surface area contributed by atoms with Crippen LogP contribution in [0, 0.1) is 18.3 Å². The Balaban J connectivity index is 2.24. The highest BCUT2D eigenvalue weighted by Crippen LogP contribution is 2.28. The minimum absolute atomic E-state index is 0.570. The molecule has 0 radical (unpaired) electrons. The fourth-order valence-corrected chi connectivity index (χ4v) is 1.98. The Morgan fingerprint density at radius 2 is 2.26 bits per heavy atom. The SMILES string of the molecule is COc1cccc(C#N)c1NCc1cn(C)nc1C. The molecule has 5 nitrogen and oxygen atoms in total. The van der Waals surface area contributed by atoms with Crippen LogP contribution in [-0.4, -0.2) is 16.9 Å². The Kier molecular flexibility index (Phi) is 3.71. The molecule has 0 amide bonds. The number of nitrogens with one attached hydrogen (secondary N) is 1. The molecule has 0 spiro atoms. The molecule has 98 valence electrons. The summed E-state index contributed by atoms with van der Waals surface area (Å²) < 4.78 is 7.05. The van der Waals surface area contributed by atoms with E-state index in [1.165, 1.54) is 0 Å². The van der Waals surface area contributed by atoms with Gasteiger partial charge in [0, 0.05) is 25.4 Å². The molecule has 0 fully saturated rings. The molecule has 0 unspecified atom stereocenters. The number of anilines is 1. The van der Waals surface area contributed by atoms with Crippen LogP contribution >= 0.6 is 0 Å². The van der Waals surface area contributed by atoms with Crippen LogP contribution in [0.25, 0.3) is 0 Å². The molecule has 19 heavy (non-hydrogen) atoms. The van der Waals surface area contributed by atoms with Crippen molar-refractivity contribution in [3.8, 4) is 11.8 Å². The zero-order chi connectivity index (χ0) is 13.8. The van der Waals surface area contributed by atoms with Crippen molar-refractivity contribution >= 4 is 5.69 Å². The van der Waals surface area contributed by atoms with Crippen LogP contribution in [0.15, 0.2) is 24.4 Å². The average molecular weight is 256 g/mol. The van der Waals surface area contributed by atoms with E-state index in [1.807, 2.05) is 26.2 Å². The lowest BCUT2D eigenvalue weighted by atomic mass is 10.1. The molecule has 2 rings (SSSR count). The lowest BCUT2D eigenvalue weighted by Gasteiger charge is -2.12. The summed E-state index contributed by atoms with van der Waals surface area (Å²) in [6.45, 7) is 2.57. The number of benzene rings is 1. The first-order valence-corrected chi connectivity index (χ1v) is 5.95. The van der Waals surface area contributed by atoms with Crippen molar-refractivity contribution in [3.05, 3.63) is 41.2 Å². The highest BCUT2D eigenvalue weighted by Gasteiger charge is 2.10. The molecule has 0 aliphatic heterocycles. The Morgan fingerprint density at radius 1 is 1.47 bits per heavy atom. The first-order chi connectivity index (χ1) is 9.15. The molecule has 0 aliphatic carbocycles. The second kappa shape index (κ2) is 5.44. The number of aryl methyl sites for hydroxylation is 2. The summed E-state index contributed by atoms with van der Waals surface area (Å²) in [5.74, 6) is 0.667. The van der Waals surface area contributed by atoms with E-state index in [4.69, 9.17) is 10.00 Å². The molecule has 1 aromatic carbocycles. The van der Waals surface area contributed by atoms with Crippen LogP contribution in [0.5, 0.6) is 5.75 Å². The molecule has 0 saturated heterocycles. The van der Waals surface area contributed by atoms with Crippen LogP contribution in [0.2, 0.25) is 0 Å². The standard InChI is InChI=1S/C14H16N4O/c1-10-12(9-18(2)17-10)8-16-14-11(7-15)5-4-6-13(14)19-3/h4-6,9,16H,8H2,1-3H3. The molecule has 2 aromatic rings. The van der Waals surface area contributed by atoms with Crippen molar-refractivity contribution in [3.63, 3.8) is 0 Å². The van der Waals surface area contributed by atoms with Gasteiger partial charge in [-0.25, -0.2) is 0 Å². The lowest BCUT2D eigenvalue weighted by molar-refractivity contribution is 0.416. The maximum atomic E-state index is 9.13. The van der Waals surface area contributed by atoms with E-state index in [2.05, 4.69) is 16.5 Å². The third kappa shape index (κ3) is 2.68. The Labute approximate surface area is 112 Å². The van der Waals surface area contributed by atoms with E-state index >= 15 is 0 Å². The van der Waals surface area contributed by atoms with Crippen molar-refractivity contribution in [1.29, 1.82) is 5.26 Å². The van der Waals surface area contributed by atoms with E-state index < -0.39 is 0 Å². The van der Waals surface area contributed by atoms with Crippen molar-refractivity contribution < 1.29 is 4.74 Å². The van der Waals surface area contributed by atoms with Gasteiger partial charge in [-0.2, -0.15) is 10.4 Å². The second-order valence-electron chi connectivity index (χ2n) is 4.26. The number of aromatic nitrogens is 2. The largest absolute Gasteiger partial charge is 0.495 e. The van der Waals surface area contributed by atoms with Gasteiger partial charge in [0.25, 0.3) is 0 Å². The highest BCUT2D eigenvalue weighted by molar-refractivity contribution is 5.66. The van der Waals surface area contributed by atoms with E-state index in [0.29, 0.717) is 17.9 Å². The van der Waals surface area contributed by atoms with Gasteiger partial charge in [-0.05, 0) is 19.1 Å². The van der Waals surface area contributed by atoms with Crippen molar-refractivity contribution in [1.82, 2.24) is 9.78 Å². The quantitative estimate of drug-likeness (QED) is 0.911. The zero-order valence-corrected chi connectivity index (χ0v) is 11.3. The second-order valence-corrected chi connectivity index (χ2v) is 4.26. The molecular formula is C14H16N4O. The van der Waals surface area contributed by atoms with Gasteiger partial charge in [-0.3, -0.25) is 4.68 Å². The van der Waals surface area contributed by atoms with Gasteiger partial charge in [0.05, 0.1) is 24.1 Å². The average Bonchev–Trinajstić information content (AvgIpc) is 2.74. The van der Waals surface area contributed by atoms with Crippen LogP contribution in [-0.2, 0) is 13.6 Å². The predicted molar refractivity (Wildman–Crippen MR) is 73.0 cm³/mol. The van der Waals surface area contributed by atoms with Gasteiger partial charge < -0.3 is 10.1 Å². The number of hydrogen-bond acceptors (Lipinski definition) is 4. The summed E-state index contributed by atoms with van der Waals surface area (Å²) in [6, 6.07) is 7.56. The minimum atomic E-state index is 0.570. The van der Waals surface area contributed by atoms with Gasteiger partial charge in [0.1, 0.15) is 11.8 Å². The van der Waals surface area contributed by atoms with E-state index in [0.717, 1.165) is 16.9 Å². The summed E-state index contributed by atoms with van der Waals surface area (Å²) >= 11 is 0. The number of rotatable bonds is 4. The third-order valence-corrected chi connectivity index (χ3v) is 2.94. The highest BCUT2D eigenvalue weighted by atomic mass is 16.5. The number of para-hydroxylation sites is 1. The molecule has 1 aromatic heterocycles. The molecule has 0 aliphatic rings. The van der Waals surface area contributed by atoms with Crippen LogP contribution in [0.4, 0.5) is 5.69 Å². The third-order valence-electron chi connectivity index (χ3n) is 2.94. The molecule has 5 heteroatoms. The van der Waals surface area contributed by atoms with Gasteiger partial charge in [0.15, 0.2) is 0 Å². The fourth-order valence-electron chi connectivity index (χ4n) is 1.98. The fraction of sp³-hybridized carbons (Fsp3) is 0.286. The number of hydrogen-bond donors (Lipinski definition) is 1. The maximum Gasteiger partial charge on any atom is 0.143 e. The zero-order valence-electron chi connectivity index (χ0n) is 11.3. The molecule has 0 saturated carbocycles. The lowest BCUT2D eigenvalue weighted by Crippen LogP contribution is -2.03. The molecule has 0 bridgehead atoms. The van der Waals surface area contributed by atoms with Crippen LogP contribution in [0.3, 0.4) is 0 Å². The molecule has 1 N–H and O–H groups in total. The van der Waals surface area contributed by atoms with Crippen LogP contribution < -0.4 is 10.1 Å². The van der Waals surface area contributed by atoms with Gasteiger partial charge in [-0.1, -0.05) is 6.07 Å². The smallest absolute Gasteiger partial charge is 0.143 e. The number of methoxy groups -OCH3 is 1. The monoisotopic (exact) mass is 256 g/mol. The first kappa shape index (κ1) is 13.0. The maximum absolute atomic E-state index is 9.13. The Hall–Kier alpha value is -2.48. The van der Waals surface area contributed by atoms with Gasteiger partial charge in [0.2, 0.25) is 0 Å². The topological polar surface area (TPSA) is 62.9 Å².